The van der Waals surface area contributed by atoms with Gasteiger partial charge in [0.1, 0.15) is 0 Å². The SMILES string of the molecule is CCOC(=O)C(COCC(C)C)C12CC3CC(CC(C3)C1)C2. The molecule has 4 aliphatic rings. The van der Waals surface area contributed by atoms with E-state index in [0.29, 0.717) is 19.1 Å². The van der Waals surface area contributed by atoms with Crippen molar-refractivity contribution in [2.75, 3.05) is 19.8 Å². The fourth-order valence-electron chi connectivity index (χ4n) is 5.76. The lowest BCUT2D eigenvalue weighted by Crippen LogP contribution is -2.53. The van der Waals surface area contributed by atoms with Gasteiger partial charge in [-0.15, -0.1) is 0 Å². The highest BCUT2D eigenvalue weighted by Crippen LogP contribution is 2.62. The van der Waals surface area contributed by atoms with Crippen molar-refractivity contribution in [1.29, 1.82) is 0 Å². The molecule has 4 saturated carbocycles. The highest BCUT2D eigenvalue weighted by atomic mass is 16.5. The van der Waals surface area contributed by atoms with Gasteiger partial charge in [0.25, 0.3) is 0 Å². The average Bonchev–Trinajstić information content (AvgIpc) is 2.41. The maximum atomic E-state index is 12.6. The summed E-state index contributed by atoms with van der Waals surface area (Å²) >= 11 is 0. The van der Waals surface area contributed by atoms with Gasteiger partial charge < -0.3 is 9.47 Å². The van der Waals surface area contributed by atoms with Crippen molar-refractivity contribution >= 4 is 5.97 Å². The van der Waals surface area contributed by atoms with Crippen LogP contribution in [0.1, 0.15) is 59.3 Å². The van der Waals surface area contributed by atoms with Crippen molar-refractivity contribution in [2.24, 2.45) is 35.0 Å². The van der Waals surface area contributed by atoms with Crippen LogP contribution in [0.2, 0.25) is 0 Å². The van der Waals surface area contributed by atoms with Crippen LogP contribution >= 0.6 is 0 Å². The van der Waals surface area contributed by atoms with Crippen LogP contribution in [0, 0.1) is 35.0 Å². The molecular formula is C19H32O3. The fourth-order valence-corrected chi connectivity index (χ4v) is 5.76. The molecule has 22 heavy (non-hydrogen) atoms. The van der Waals surface area contributed by atoms with Crippen LogP contribution < -0.4 is 0 Å². The largest absolute Gasteiger partial charge is 0.466 e. The Bertz CT molecular complexity index is 366. The number of hydrogen-bond donors (Lipinski definition) is 0. The van der Waals surface area contributed by atoms with Crippen LogP contribution in [0.4, 0.5) is 0 Å². The van der Waals surface area contributed by atoms with Gasteiger partial charge in [-0.3, -0.25) is 4.79 Å². The Labute approximate surface area is 135 Å². The van der Waals surface area contributed by atoms with Gasteiger partial charge in [0.05, 0.1) is 19.1 Å². The van der Waals surface area contributed by atoms with Crippen LogP contribution in [0.3, 0.4) is 0 Å². The van der Waals surface area contributed by atoms with E-state index in [0.717, 1.165) is 24.4 Å². The Balaban J connectivity index is 1.74. The lowest BCUT2D eigenvalue weighted by molar-refractivity contribution is -0.169. The number of rotatable bonds is 7. The van der Waals surface area contributed by atoms with Gasteiger partial charge in [-0.25, -0.2) is 0 Å². The highest BCUT2D eigenvalue weighted by molar-refractivity contribution is 5.73. The average molecular weight is 308 g/mol. The third-order valence-electron chi connectivity index (χ3n) is 6.13. The number of carbonyl (C=O) groups is 1. The van der Waals surface area contributed by atoms with Crippen LogP contribution in [-0.4, -0.2) is 25.8 Å². The third kappa shape index (κ3) is 3.20. The van der Waals surface area contributed by atoms with E-state index in [-0.39, 0.29) is 17.3 Å². The third-order valence-corrected chi connectivity index (χ3v) is 6.13. The van der Waals surface area contributed by atoms with E-state index in [1.165, 1.54) is 38.5 Å². The molecule has 0 saturated heterocycles. The summed E-state index contributed by atoms with van der Waals surface area (Å²) in [6, 6.07) is 0. The molecule has 4 aliphatic carbocycles. The van der Waals surface area contributed by atoms with E-state index in [9.17, 15) is 4.79 Å². The maximum absolute atomic E-state index is 12.6. The molecule has 1 atom stereocenters. The zero-order valence-electron chi connectivity index (χ0n) is 14.5. The Morgan fingerprint density at radius 3 is 2.05 bits per heavy atom. The van der Waals surface area contributed by atoms with Crippen molar-refractivity contribution in [3.63, 3.8) is 0 Å². The van der Waals surface area contributed by atoms with E-state index in [1.807, 2.05) is 6.92 Å². The summed E-state index contributed by atoms with van der Waals surface area (Å²) < 4.78 is 11.3. The molecule has 4 bridgehead atoms. The molecule has 0 radical (unpaired) electrons. The van der Waals surface area contributed by atoms with Gasteiger partial charge in [0, 0.05) is 6.61 Å². The molecule has 3 nitrogen and oxygen atoms in total. The zero-order valence-corrected chi connectivity index (χ0v) is 14.5. The summed E-state index contributed by atoms with van der Waals surface area (Å²) in [4.78, 5) is 12.6. The smallest absolute Gasteiger partial charge is 0.311 e. The zero-order chi connectivity index (χ0) is 15.7. The first kappa shape index (κ1) is 16.3. The molecule has 4 rings (SSSR count). The highest BCUT2D eigenvalue weighted by Gasteiger charge is 2.56. The Kier molecular flexibility index (Phi) is 4.82. The summed E-state index contributed by atoms with van der Waals surface area (Å²) in [6.07, 6.45) is 7.90. The summed E-state index contributed by atoms with van der Waals surface area (Å²) in [5, 5.41) is 0. The van der Waals surface area contributed by atoms with Crippen LogP contribution in [0.15, 0.2) is 0 Å². The number of carbonyl (C=O) groups excluding carboxylic acids is 1. The second-order valence-corrected chi connectivity index (χ2v) is 8.52. The van der Waals surface area contributed by atoms with Gasteiger partial charge in [0.15, 0.2) is 0 Å². The molecule has 0 aromatic rings. The van der Waals surface area contributed by atoms with Crippen molar-refractivity contribution < 1.29 is 14.3 Å². The second-order valence-electron chi connectivity index (χ2n) is 8.52. The number of esters is 1. The molecule has 0 aliphatic heterocycles. The molecule has 0 aromatic carbocycles. The van der Waals surface area contributed by atoms with Crippen molar-refractivity contribution in [3.05, 3.63) is 0 Å². The summed E-state index contributed by atoms with van der Waals surface area (Å²) in [6.45, 7) is 8.00. The minimum atomic E-state index is -0.0420. The van der Waals surface area contributed by atoms with Crippen molar-refractivity contribution in [3.8, 4) is 0 Å². The van der Waals surface area contributed by atoms with Gasteiger partial charge in [0.2, 0.25) is 0 Å². The second kappa shape index (κ2) is 6.51. The molecule has 0 heterocycles. The molecule has 0 aromatic heterocycles. The van der Waals surface area contributed by atoms with E-state index in [2.05, 4.69) is 13.8 Å². The molecule has 0 N–H and O–H groups in total. The van der Waals surface area contributed by atoms with Crippen LogP contribution in [0.25, 0.3) is 0 Å². The molecular weight excluding hydrogens is 276 g/mol. The topological polar surface area (TPSA) is 35.5 Å². The van der Waals surface area contributed by atoms with Crippen LogP contribution in [0.5, 0.6) is 0 Å². The molecule has 0 amide bonds. The van der Waals surface area contributed by atoms with Crippen molar-refractivity contribution in [2.45, 2.75) is 59.3 Å². The lowest BCUT2D eigenvalue weighted by Gasteiger charge is -2.58. The van der Waals surface area contributed by atoms with Gasteiger partial charge in [-0.1, -0.05) is 13.8 Å². The predicted octanol–water partition coefficient (Wildman–Crippen LogP) is 4.05. The first-order valence-corrected chi connectivity index (χ1v) is 9.26. The Morgan fingerprint density at radius 1 is 1.05 bits per heavy atom. The molecule has 4 fully saturated rings. The summed E-state index contributed by atoms with van der Waals surface area (Å²) in [7, 11) is 0. The van der Waals surface area contributed by atoms with E-state index >= 15 is 0 Å². The minimum absolute atomic E-state index is 0.00629. The lowest BCUT2D eigenvalue weighted by atomic mass is 9.46. The van der Waals surface area contributed by atoms with Gasteiger partial charge in [-0.2, -0.15) is 0 Å². The van der Waals surface area contributed by atoms with Gasteiger partial charge in [-0.05, 0) is 74.5 Å². The maximum Gasteiger partial charge on any atom is 0.311 e. The van der Waals surface area contributed by atoms with E-state index < -0.39 is 0 Å². The fraction of sp³-hybridized carbons (Fsp3) is 0.947. The number of ether oxygens (including phenoxy) is 2. The molecule has 3 heteroatoms. The van der Waals surface area contributed by atoms with Crippen LogP contribution in [-0.2, 0) is 14.3 Å². The first-order chi connectivity index (χ1) is 10.5. The quantitative estimate of drug-likeness (QED) is 0.665. The minimum Gasteiger partial charge on any atom is -0.466 e. The number of hydrogen-bond acceptors (Lipinski definition) is 3. The van der Waals surface area contributed by atoms with E-state index in [4.69, 9.17) is 9.47 Å². The Hall–Kier alpha value is -0.570. The molecule has 1 unspecified atom stereocenters. The molecule has 0 spiro atoms. The Morgan fingerprint density at radius 2 is 1.59 bits per heavy atom. The van der Waals surface area contributed by atoms with E-state index in [1.54, 1.807) is 0 Å². The van der Waals surface area contributed by atoms with Crippen molar-refractivity contribution in [1.82, 2.24) is 0 Å². The first-order valence-electron chi connectivity index (χ1n) is 9.26. The standard InChI is InChI=1S/C19H32O3/c1-4-22-18(20)17(12-21-11-13(2)3)19-8-14-5-15(9-19)7-16(6-14)10-19/h13-17H,4-12H2,1-3H3. The predicted molar refractivity (Wildman–Crippen MR) is 86.4 cm³/mol. The summed E-state index contributed by atoms with van der Waals surface area (Å²) in [5.74, 6) is 3.03. The summed E-state index contributed by atoms with van der Waals surface area (Å²) in [5.41, 5.74) is 0.179. The monoisotopic (exact) mass is 308 g/mol. The van der Waals surface area contributed by atoms with Gasteiger partial charge >= 0.3 is 5.97 Å². The normalized spacial score (nSPS) is 37.5. The molecule has 126 valence electrons.